The molecule has 1 aromatic carbocycles. The maximum atomic E-state index is 5.76. The SMILES string of the molecule is c1ccc2c(c1)OCC2CNC1CN2CCC1CC2. The van der Waals surface area contributed by atoms with Crippen LogP contribution in [0.3, 0.4) is 0 Å². The molecule has 4 aliphatic heterocycles. The summed E-state index contributed by atoms with van der Waals surface area (Å²) in [5.74, 6) is 2.53. The van der Waals surface area contributed by atoms with E-state index in [1.54, 1.807) is 0 Å². The third-order valence-corrected chi connectivity index (χ3v) is 5.08. The summed E-state index contributed by atoms with van der Waals surface area (Å²) in [4.78, 5) is 2.61. The van der Waals surface area contributed by atoms with Gasteiger partial charge < -0.3 is 15.0 Å². The molecule has 19 heavy (non-hydrogen) atoms. The van der Waals surface area contributed by atoms with E-state index in [-0.39, 0.29) is 0 Å². The summed E-state index contributed by atoms with van der Waals surface area (Å²) >= 11 is 0. The predicted molar refractivity (Wildman–Crippen MR) is 75.6 cm³/mol. The third-order valence-electron chi connectivity index (χ3n) is 5.08. The fraction of sp³-hybridized carbons (Fsp3) is 0.625. The van der Waals surface area contributed by atoms with E-state index in [4.69, 9.17) is 4.74 Å². The van der Waals surface area contributed by atoms with Gasteiger partial charge >= 0.3 is 0 Å². The van der Waals surface area contributed by atoms with E-state index < -0.39 is 0 Å². The molecule has 3 fully saturated rings. The van der Waals surface area contributed by atoms with Crippen LogP contribution in [0.2, 0.25) is 0 Å². The van der Waals surface area contributed by atoms with Gasteiger partial charge in [0.05, 0.1) is 6.61 Å². The summed E-state index contributed by atoms with van der Waals surface area (Å²) in [6.45, 7) is 5.79. The van der Waals surface area contributed by atoms with Gasteiger partial charge in [0.2, 0.25) is 0 Å². The second kappa shape index (κ2) is 4.80. The summed E-state index contributed by atoms with van der Waals surface area (Å²) in [6, 6.07) is 9.18. The van der Waals surface area contributed by atoms with E-state index in [0.29, 0.717) is 12.0 Å². The van der Waals surface area contributed by atoms with Crippen molar-refractivity contribution in [3.05, 3.63) is 29.8 Å². The molecule has 5 rings (SSSR count). The lowest BCUT2D eigenvalue weighted by molar-refractivity contribution is 0.0718. The van der Waals surface area contributed by atoms with E-state index in [0.717, 1.165) is 24.8 Å². The zero-order valence-electron chi connectivity index (χ0n) is 11.3. The number of para-hydroxylation sites is 1. The molecule has 3 heteroatoms. The van der Waals surface area contributed by atoms with Gasteiger partial charge in [-0.2, -0.15) is 0 Å². The number of nitrogens with one attached hydrogen (secondary N) is 1. The van der Waals surface area contributed by atoms with Crippen LogP contribution in [0.4, 0.5) is 0 Å². The number of hydrogen-bond acceptors (Lipinski definition) is 3. The maximum absolute atomic E-state index is 5.76. The highest BCUT2D eigenvalue weighted by atomic mass is 16.5. The van der Waals surface area contributed by atoms with Gasteiger partial charge in [-0.25, -0.2) is 0 Å². The lowest BCUT2D eigenvalue weighted by Gasteiger charge is -2.45. The van der Waals surface area contributed by atoms with E-state index in [2.05, 4.69) is 34.5 Å². The van der Waals surface area contributed by atoms with Gasteiger partial charge in [0.25, 0.3) is 0 Å². The Balaban J connectivity index is 1.39. The first kappa shape index (κ1) is 11.7. The molecule has 0 amide bonds. The first-order chi connectivity index (χ1) is 9.40. The average molecular weight is 258 g/mol. The van der Waals surface area contributed by atoms with Crippen LogP contribution < -0.4 is 10.1 Å². The number of hydrogen-bond donors (Lipinski definition) is 1. The predicted octanol–water partition coefficient (Wildman–Crippen LogP) is 1.85. The van der Waals surface area contributed by atoms with Crippen molar-refractivity contribution in [3.63, 3.8) is 0 Å². The summed E-state index contributed by atoms with van der Waals surface area (Å²) in [5, 5.41) is 3.81. The smallest absolute Gasteiger partial charge is 0.122 e. The Hall–Kier alpha value is -1.06. The van der Waals surface area contributed by atoms with Crippen molar-refractivity contribution < 1.29 is 4.74 Å². The van der Waals surface area contributed by atoms with E-state index in [1.165, 1.54) is 38.0 Å². The number of piperidine rings is 3. The molecule has 0 radical (unpaired) electrons. The Morgan fingerprint density at radius 3 is 2.84 bits per heavy atom. The monoisotopic (exact) mass is 258 g/mol. The first-order valence-electron chi connectivity index (χ1n) is 7.57. The van der Waals surface area contributed by atoms with Gasteiger partial charge in [-0.1, -0.05) is 18.2 Å². The normalized spacial score (nSPS) is 36.0. The van der Waals surface area contributed by atoms with Crippen LogP contribution in [-0.4, -0.2) is 43.7 Å². The average Bonchev–Trinajstić information content (AvgIpc) is 2.90. The summed E-state index contributed by atoms with van der Waals surface area (Å²) < 4.78 is 5.76. The Bertz CT molecular complexity index is 454. The van der Waals surface area contributed by atoms with Crippen LogP contribution in [0.15, 0.2) is 24.3 Å². The molecule has 1 aromatic rings. The zero-order chi connectivity index (χ0) is 12.7. The van der Waals surface area contributed by atoms with Crippen LogP contribution >= 0.6 is 0 Å². The van der Waals surface area contributed by atoms with Crippen LogP contribution in [-0.2, 0) is 0 Å². The summed E-state index contributed by atoms with van der Waals surface area (Å²) in [7, 11) is 0. The lowest BCUT2D eigenvalue weighted by Crippen LogP contribution is -2.56. The molecule has 2 atom stereocenters. The van der Waals surface area contributed by atoms with Crippen LogP contribution in [0, 0.1) is 5.92 Å². The van der Waals surface area contributed by atoms with Crippen molar-refractivity contribution >= 4 is 0 Å². The zero-order valence-corrected chi connectivity index (χ0v) is 11.3. The molecule has 4 aliphatic rings. The summed E-state index contributed by atoms with van der Waals surface area (Å²) in [5.41, 5.74) is 1.39. The van der Waals surface area contributed by atoms with Crippen molar-refractivity contribution in [3.8, 4) is 5.75 Å². The van der Waals surface area contributed by atoms with Crippen molar-refractivity contribution in [2.75, 3.05) is 32.8 Å². The topological polar surface area (TPSA) is 24.5 Å². The van der Waals surface area contributed by atoms with Crippen molar-refractivity contribution in [2.45, 2.75) is 24.8 Å². The largest absolute Gasteiger partial charge is 0.493 e. The van der Waals surface area contributed by atoms with Crippen LogP contribution in [0.25, 0.3) is 0 Å². The Labute approximate surface area is 114 Å². The minimum absolute atomic E-state index is 0.534. The highest BCUT2D eigenvalue weighted by Crippen LogP contribution is 2.34. The van der Waals surface area contributed by atoms with Gasteiger partial charge in [0.15, 0.2) is 0 Å². The Morgan fingerprint density at radius 2 is 2.05 bits per heavy atom. The van der Waals surface area contributed by atoms with E-state index >= 15 is 0 Å². The van der Waals surface area contributed by atoms with Crippen molar-refractivity contribution in [1.82, 2.24) is 10.2 Å². The van der Waals surface area contributed by atoms with Gasteiger partial charge in [-0.3, -0.25) is 0 Å². The molecular formula is C16H22N2O. The maximum Gasteiger partial charge on any atom is 0.122 e. The van der Waals surface area contributed by atoms with Gasteiger partial charge in [0, 0.05) is 30.6 Å². The molecule has 2 bridgehead atoms. The number of nitrogens with zero attached hydrogens (tertiary/aromatic N) is 1. The van der Waals surface area contributed by atoms with Crippen molar-refractivity contribution in [1.29, 1.82) is 0 Å². The third kappa shape index (κ3) is 2.15. The number of rotatable bonds is 3. The van der Waals surface area contributed by atoms with E-state index in [1.807, 2.05) is 0 Å². The van der Waals surface area contributed by atoms with E-state index in [9.17, 15) is 0 Å². The molecule has 0 saturated carbocycles. The molecule has 3 nitrogen and oxygen atoms in total. The van der Waals surface area contributed by atoms with Crippen LogP contribution in [0.5, 0.6) is 5.75 Å². The highest BCUT2D eigenvalue weighted by Gasteiger charge is 2.34. The second-order valence-corrected chi connectivity index (χ2v) is 6.20. The molecule has 102 valence electrons. The molecular weight excluding hydrogens is 236 g/mol. The standard InChI is InChI=1S/C16H22N2O/c1-2-4-16-14(3-1)13(11-19-16)9-17-15-10-18-7-5-12(15)6-8-18/h1-4,12-13,15,17H,5-11H2. The highest BCUT2D eigenvalue weighted by molar-refractivity contribution is 5.39. The van der Waals surface area contributed by atoms with Crippen LogP contribution in [0.1, 0.15) is 24.3 Å². The number of benzene rings is 1. The Kier molecular flexibility index (Phi) is 2.97. The fourth-order valence-corrected chi connectivity index (χ4v) is 3.89. The quantitative estimate of drug-likeness (QED) is 0.895. The van der Waals surface area contributed by atoms with Gasteiger partial charge in [-0.15, -0.1) is 0 Å². The minimum Gasteiger partial charge on any atom is -0.493 e. The molecule has 4 heterocycles. The first-order valence-corrected chi connectivity index (χ1v) is 7.57. The fourth-order valence-electron chi connectivity index (χ4n) is 3.89. The summed E-state index contributed by atoms with van der Waals surface area (Å²) in [6.07, 6.45) is 2.77. The number of fused-ring (bicyclic) bond motifs is 4. The number of ether oxygens (including phenoxy) is 1. The van der Waals surface area contributed by atoms with Gasteiger partial charge in [0.1, 0.15) is 5.75 Å². The minimum atomic E-state index is 0.534. The second-order valence-electron chi connectivity index (χ2n) is 6.20. The van der Waals surface area contributed by atoms with Gasteiger partial charge in [-0.05, 0) is 37.9 Å². The molecule has 0 aromatic heterocycles. The molecule has 1 N–H and O–H groups in total. The molecule has 0 spiro atoms. The molecule has 2 unspecified atom stereocenters. The molecule has 0 aliphatic carbocycles. The Morgan fingerprint density at radius 1 is 1.21 bits per heavy atom. The molecule has 3 saturated heterocycles. The van der Waals surface area contributed by atoms with Crippen molar-refractivity contribution in [2.24, 2.45) is 5.92 Å². The lowest BCUT2D eigenvalue weighted by atomic mass is 9.84.